The minimum Gasteiger partial charge on any atom is -0.247 e. The molecule has 0 aliphatic carbocycles. The summed E-state index contributed by atoms with van der Waals surface area (Å²) >= 11 is 1.54. The first-order valence-electron chi connectivity index (χ1n) is 3.81. The lowest BCUT2D eigenvalue weighted by molar-refractivity contribution is -0.147. The molecule has 0 bridgehead atoms. The quantitative estimate of drug-likeness (QED) is 0.408. The molecule has 0 N–H and O–H groups in total. The van der Waals surface area contributed by atoms with Gasteiger partial charge in [-0.1, -0.05) is 22.6 Å². The third kappa shape index (κ3) is 6.72. The van der Waals surface area contributed by atoms with E-state index in [4.69, 9.17) is 0 Å². The molecule has 0 aromatic rings. The van der Waals surface area contributed by atoms with Crippen LogP contribution < -0.4 is 0 Å². The van der Waals surface area contributed by atoms with Gasteiger partial charge in [0.15, 0.2) is 0 Å². The third-order valence-corrected chi connectivity index (χ3v) is 2.32. The highest BCUT2D eigenvalue weighted by atomic mass is 127. The number of hydrogen-bond acceptors (Lipinski definition) is 0. The largest absolute Gasteiger partial charge is 0.391 e. The first-order valence-corrected chi connectivity index (χ1v) is 5.33. The summed E-state index contributed by atoms with van der Waals surface area (Å²) in [6, 6.07) is 0. The predicted molar refractivity (Wildman–Crippen MR) is 48.9 cm³/mol. The summed E-state index contributed by atoms with van der Waals surface area (Å²) < 4.78 is 72.2. The lowest BCUT2D eigenvalue weighted by atomic mass is 10.1. The standard InChI is InChI=1S/C7H9F6I/c8-4(2-7(11,12)13)1-5(9)6(10)3-14/h4-6H,1-3H2. The highest BCUT2D eigenvalue weighted by Gasteiger charge is 2.34. The van der Waals surface area contributed by atoms with Crippen molar-refractivity contribution >= 4 is 22.6 Å². The van der Waals surface area contributed by atoms with Crippen molar-refractivity contribution in [3.8, 4) is 0 Å². The van der Waals surface area contributed by atoms with Crippen LogP contribution in [0.4, 0.5) is 26.3 Å². The van der Waals surface area contributed by atoms with E-state index < -0.39 is 37.5 Å². The van der Waals surface area contributed by atoms with Gasteiger partial charge in [0.2, 0.25) is 0 Å². The minimum absolute atomic E-state index is 0.197. The molecular formula is C7H9F6I. The van der Waals surface area contributed by atoms with Crippen LogP contribution in [0.5, 0.6) is 0 Å². The van der Waals surface area contributed by atoms with Crippen molar-refractivity contribution < 1.29 is 26.3 Å². The lowest BCUT2D eigenvalue weighted by Gasteiger charge is -2.15. The van der Waals surface area contributed by atoms with E-state index in [-0.39, 0.29) is 4.43 Å². The molecule has 14 heavy (non-hydrogen) atoms. The Bertz CT molecular complexity index is 159. The van der Waals surface area contributed by atoms with E-state index in [0.717, 1.165) is 0 Å². The average molecular weight is 334 g/mol. The summed E-state index contributed by atoms with van der Waals surface area (Å²) in [5, 5.41) is 0. The van der Waals surface area contributed by atoms with E-state index in [1.54, 1.807) is 22.6 Å². The van der Waals surface area contributed by atoms with Crippen LogP contribution in [0.15, 0.2) is 0 Å². The first-order chi connectivity index (χ1) is 6.26. The van der Waals surface area contributed by atoms with Gasteiger partial charge in [-0.2, -0.15) is 13.2 Å². The van der Waals surface area contributed by atoms with E-state index in [0.29, 0.717) is 0 Å². The lowest BCUT2D eigenvalue weighted by Crippen LogP contribution is -2.25. The molecule has 0 aliphatic heterocycles. The second-order valence-corrected chi connectivity index (χ2v) is 3.72. The van der Waals surface area contributed by atoms with Gasteiger partial charge in [0.05, 0.1) is 6.42 Å². The molecule has 0 rings (SSSR count). The van der Waals surface area contributed by atoms with Crippen LogP contribution in [0.2, 0.25) is 0 Å². The van der Waals surface area contributed by atoms with Crippen LogP contribution in [-0.4, -0.2) is 29.1 Å². The van der Waals surface area contributed by atoms with Crippen LogP contribution in [0.25, 0.3) is 0 Å². The number of alkyl halides is 7. The number of hydrogen-bond donors (Lipinski definition) is 0. The number of rotatable bonds is 5. The van der Waals surface area contributed by atoms with Gasteiger partial charge in [-0.05, 0) is 0 Å². The van der Waals surface area contributed by atoms with Crippen LogP contribution in [0.3, 0.4) is 0 Å². The van der Waals surface area contributed by atoms with E-state index in [1.807, 2.05) is 0 Å². The maximum absolute atomic E-state index is 12.6. The Balaban J connectivity index is 3.88. The predicted octanol–water partition coefficient (Wildman–Crippen LogP) is 3.78. The monoisotopic (exact) mass is 334 g/mol. The second kappa shape index (κ2) is 6.02. The van der Waals surface area contributed by atoms with Gasteiger partial charge < -0.3 is 0 Å². The van der Waals surface area contributed by atoms with E-state index in [2.05, 4.69) is 0 Å². The van der Waals surface area contributed by atoms with Crippen LogP contribution in [-0.2, 0) is 0 Å². The molecule has 3 unspecified atom stereocenters. The fourth-order valence-electron chi connectivity index (χ4n) is 0.823. The Labute approximate surface area is 91.2 Å². The highest BCUT2D eigenvalue weighted by molar-refractivity contribution is 14.1. The number of halogens is 7. The molecule has 0 heterocycles. The Kier molecular flexibility index (Phi) is 6.15. The summed E-state index contributed by atoms with van der Waals surface area (Å²) in [5.41, 5.74) is 0. The van der Waals surface area contributed by atoms with E-state index in [1.165, 1.54) is 0 Å². The Morgan fingerprint density at radius 3 is 1.86 bits per heavy atom. The van der Waals surface area contributed by atoms with Crippen molar-refractivity contribution in [3.05, 3.63) is 0 Å². The van der Waals surface area contributed by atoms with Crippen molar-refractivity contribution in [1.29, 1.82) is 0 Å². The Morgan fingerprint density at radius 1 is 1.00 bits per heavy atom. The Hall–Kier alpha value is 0.310. The topological polar surface area (TPSA) is 0 Å². The Morgan fingerprint density at radius 2 is 1.50 bits per heavy atom. The molecule has 0 aliphatic rings. The molecule has 0 nitrogen and oxygen atoms in total. The molecular weight excluding hydrogens is 325 g/mol. The molecule has 3 atom stereocenters. The molecule has 0 fully saturated rings. The van der Waals surface area contributed by atoms with Crippen molar-refractivity contribution in [3.63, 3.8) is 0 Å². The third-order valence-electron chi connectivity index (χ3n) is 1.47. The maximum Gasteiger partial charge on any atom is 0.391 e. The maximum atomic E-state index is 12.6. The molecule has 86 valence electrons. The summed E-state index contributed by atoms with van der Waals surface area (Å²) in [5.74, 6) is 0. The van der Waals surface area contributed by atoms with Crippen molar-refractivity contribution in [1.82, 2.24) is 0 Å². The average Bonchev–Trinajstić information content (AvgIpc) is 1.99. The molecule has 0 spiro atoms. The molecule has 0 amide bonds. The van der Waals surface area contributed by atoms with Gasteiger partial charge >= 0.3 is 6.18 Å². The van der Waals surface area contributed by atoms with Crippen LogP contribution >= 0.6 is 22.6 Å². The summed E-state index contributed by atoms with van der Waals surface area (Å²) in [6.45, 7) is 0. The fourth-order valence-corrected chi connectivity index (χ4v) is 1.37. The van der Waals surface area contributed by atoms with Crippen LogP contribution in [0.1, 0.15) is 12.8 Å². The molecule has 0 saturated heterocycles. The van der Waals surface area contributed by atoms with Crippen molar-refractivity contribution in [2.45, 2.75) is 37.5 Å². The van der Waals surface area contributed by atoms with Crippen molar-refractivity contribution in [2.75, 3.05) is 4.43 Å². The molecule has 0 radical (unpaired) electrons. The van der Waals surface area contributed by atoms with Gasteiger partial charge in [-0.15, -0.1) is 0 Å². The minimum atomic E-state index is -4.67. The summed E-state index contributed by atoms with van der Waals surface area (Å²) in [6.07, 6.45) is -13.9. The fraction of sp³-hybridized carbons (Fsp3) is 1.00. The van der Waals surface area contributed by atoms with Crippen molar-refractivity contribution in [2.24, 2.45) is 0 Å². The summed E-state index contributed by atoms with van der Waals surface area (Å²) in [4.78, 5) is 0. The summed E-state index contributed by atoms with van der Waals surface area (Å²) in [7, 11) is 0. The molecule has 7 heteroatoms. The molecule has 0 saturated carbocycles. The second-order valence-electron chi connectivity index (χ2n) is 2.84. The van der Waals surface area contributed by atoms with Gasteiger partial charge in [0.25, 0.3) is 0 Å². The highest BCUT2D eigenvalue weighted by Crippen LogP contribution is 2.26. The zero-order valence-electron chi connectivity index (χ0n) is 7.00. The van der Waals surface area contributed by atoms with Gasteiger partial charge in [-0.3, -0.25) is 0 Å². The smallest absolute Gasteiger partial charge is 0.247 e. The zero-order valence-corrected chi connectivity index (χ0v) is 9.16. The zero-order chi connectivity index (χ0) is 11.4. The van der Waals surface area contributed by atoms with E-state index >= 15 is 0 Å². The first kappa shape index (κ1) is 14.3. The van der Waals surface area contributed by atoms with Gasteiger partial charge in [-0.25, -0.2) is 13.2 Å². The normalized spacial score (nSPS) is 19.1. The molecule has 0 aromatic carbocycles. The SMILES string of the molecule is FC(CC(F)C(F)CI)CC(F)(F)F. The van der Waals surface area contributed by atoms with Crippen LogP contribution in [0, 0.1) is 0 Å². The van der Waals surface area contributed by atoms with Gasteiger partial charge in [0.1, 0.15) is 18.5 Å². The van der Waals surface area contributed by atoms with E-state index in [9.17, 15) is 26.3 Å². The molecule has 0 aromatic heterocycles. The van der Waals surface area contributed by atoms with Gasteiger partial charge in [0, 0.05) is 10.8 Å².